The number of ether oxygens (including phenoxy) is 1. The number of hydrogen-bond acceptors (Lipinski definition) is 2. The van der Waals surface area contributed by atoms with Crippen LogP contribution in [0.5, 0.6) is 11.5 Å². The second kappa shape index (κ2) is 6.46. The van der Waals surface area contributed by atoms with E-state index >= 15 is 0 Å². The molecule has 6 heteroatoms. The average Bonchev–Trinajstić information content (AvgIpc) is 2.36. The molecule has 2 rings (SSSR count). The van der Waals surface area contributed by atoms with Crippen LogP contribution < -0.4 is 10.5 Å². The van der Waals surface area contributed by atoms with Crippen molar-refractivity contribution in [1.82, 2.24) is 0 Å². The highest BCUT2D eigenvalue weighted by molar-refractivity contribution is 9.10. The molecular weight excluding hydrogens is 417 g/mol. The summed E-state index contributed by atoms with van der Waals surface area (Å²) in [5.74, 6) is 1.16. The van der Waals surface area contributed by atoms with Gasteiger partial charge in [0.15, 0.2) is 0 Å². The van der Waals surface area contributed by atoms with Crippen LogP contribution in [0.15, 0.2) is 39.3 Å². The molecular formula is C13H9Br2Cl2NO. The second-order valence-electron chi connectivity index (χ2n) is 3.76. The lowest BCUT2D eigenvalue weighted by Gasteiger charge is -2.10. The first-order valence-corrected chi connectivity index (χ1v) is 7.66. The van der Waals surface area contributed by atoms with Gasteiger partial charge in [0, 0.05) is 21.6 Å². The predicted molar refractivity (Wildman–Crippen MR) is 86.3 cm³/mol. The van der Waals surface area contributed by atoms with E-state index < -0.39 is 0 Å². The molecule has 0 aliphatic heterocycles. The lowest BCUT2D eigenvalue weighted by atomic mass is 10.2. The molecule has 0 radical (unpaired) electrons. The highest BCUT2D eigenvalue weighted by atomic mass is 79.9. The quantitative estimate of drug-likeness (QED) is 0.633. The van der Waals surface area contributed by atoms with E-state index in [1.54, 1.807) is 12.1 Å². The summed E-state index contributed by atoms with van der Waals surface area (Å²) in [4.78, 5) is 0. The van der Waals surface area contributed by atoms with Gasteiger partial charge >= 0.3 is 0 Å². The van der Waals surface area contributed by atoms with E-state index in [9.17, 15) is 0 Å². The van der Waals surface area contributed by atoms with Crippen LogP contribution in [-0.4, -0.2) is 0 Å². The SMILES string of the molecule is NCc1ccc(Oc2cc(Cl)c(Br)cc2Cl)cc1Br. The fraction of sp³-hybridized carbons (Fsp3) is 0.0769. The maximum absolute atomic E-state index is 6.10. The molecule has 0 bridgehead atoms. The number of halogens is 4. The molecule has 0 amide bonds. The first kappa shape index (κ1) is 15.1. The molecule has 0 aromatic heterocycles. The molecule has 19 heavy (non-hydrogen) atoms. The monoisotopic (exact) mass is 423 g/mol. The zero-order valence-electron chi connectivity index (χ0n) is 9.59. The number of rotatable bonds is 3. The molecule has 0 aliphatic rings. The first-order valence-electron chi connectivity index (χ1n) is 5.32. The van der Waals surface area contributed by atoms with E-state index in [1.807, 2.05) is 18.2 Å². The van der Waals surface area contributed by atoms with Crippen LogP contribution in [-0.2, 0) is 6.54 Å². The molecule has 0 unspecified atom stereocenters. The normalized spacial score (nSPS) is 10.6. The van der Waals surface area contributed by atoms with E-state index in [0.29, 0.717) is 28.1 Å². The van der Waals surface area contributed by atoms with Crippen LogP contribution in [0.3, 0.4) is 0 Å². The van der Waals surface area contributed by atoms with Crippen molar-refractivity contribution < 1.29 is 4.74 Å². The van der Waals surface area contributed by atoms with Crippen molar-refractivity contribution in [2.75, 3.05) is 0 Å². The molecule has 2 N–H and O–H groups in total. The predicted octanol–water partition coefficient (Wildman–Crippen LogP) is 5.77. The van der Waals surface area contributed by atoms with Crippen LogP contribution in [0.2, 0.25) is 10.0 Å². The molecule has 2 aromatic carbocycles. The van der Waals surface area contributed by atoms with Gasteiger partial charge < -0.3 is 10.5 Å². The van der Waals surface area contributed by atoms with Crippen molar-refractivity contribution >= 4 is 55.1 Å². The zero-order chi connectivity index (χ0) is 14.0. The van der Waals surface area contributed by atoms with Crippen LogP contribution in [0.1, 0.15) is 5.56 Å². The molecule has 0 saturated heterocycles. The third kappa shape index (κ3) is 3.64. The fourth-order valence-electron chi connectivity index (χ4n) is 1.47. The molecule has 0 fully saturated rings. The summed E-state index contributed by atoms with van der Waals surface area (Å²) < 4.78 is 7.34. The highest BCUT2D eigenvalue weighted by Gasteiger charge is 2.09. The van der Waals surface area contributed by atoms with Gasteiger partial charge in [0.2, 0.25) is 0 Å². The Kier molecular flexibility index (Phi) is 5.15. The summed E-state index contributed by atoms with van der Waals surface area (Å²) in [6.45, 7) is 0.464. The molecule has 0 saturated carbocycles. The Labute approximate surface area is 138 Å². The Hall–Kier alpha value is -0.260. The van der Waals surface area contributed by atoms with E-state index in [-0.39, 0.29) is 0 Å². The smallest absolute Gasteiger partial charge is 0.147 e. The molecule has 2 aromatic rings. The second-order valence-corrected chi connectivity index (χ2v) is 6.28. The van der Waals surface area contributed by atoms with Crippen molar-refractivity contribution in [3.8, 4) is 11.5 Å². The van der Waals surface area contributed by atoms with Gasteiger partial charge in [0.25, 0.3) is 0 Å². The van der Waals surface area contributed by atoms with Crippen molar-refractivity contribution in [2.24, 2.45) is 5.73 Å². The van der Waals surface area contributed by atoms with Crippen molar-refractivity contribution in [3.63, 3.8) is 0 Å². The summed E-state index contributed by atoms with van der Waals surface area (Å²) in [6.07, 6.45) is 0. The summed E-state index contributed by atoms with van der Waals surface area (Å²) >= 11 is 18.9. The Balaban J connectivity index is 2.31. The van der Waals surface area contributed by atoms with Gasteiger partial charge in [-0.25, -0.2) is 0 Å². The van der Waals surface area contributed by atoms with Crippen LogP contribution in [0.4, 0.5) is 0 Å². The van der Waals surface area contributed by atoms with Gasteiger partial charge in [-0.2, -0.15) is 0 Å². The number of nitrogens with two attached hydrogens (primary N) is 1. The van der Waals surface area contributed by atoms with Crippen molar-refractivity contribution in [3.05, 3.63) is 54.9 Å². The Morgan fingerprint density at radius 3 is 2.37 bits per heavy atom. The summed E-state index contributed by atoms with van der Waals surface area (Å²) in [7, 11) is 0. The third-order valence-corrected chi connectivity index (χ3v) is 4.68. The summed E-state index contributed by atoms with van der Waals surface area (Å²) in [5.41, 5.74) is 6.61. The van der Waals surface area contributed by atoms with Gasteiger partial charge in [0.05, 0.1) is 10.0 Å². The maximum Gasteiger partial charge on any atom is 0.147 e. The van der Waals surface area contributed by atoms with Crippen molar-refractivity contribution in [1.29, 1.82) is 0 Å². The first-order chi connectivity index (χ1) is 9.01. The lowest BCUT2D eigenvalue weighted by Crippen LogP contribution is -1.97. The third-order valence-electron chi connectivity index (χ3n) is 2.45. The van der Waals surface area contributed by atoms with Crippen molar-refractivity contribution in [2.45, 2.75) is 6.54 Å². The van der Waals surface area contributed by atoms with Gasteiger partial charge in [-0.3, -0.25) is 0 Å². The largest absolute Gasteiger partial charge is 0.456 e. The Morgan fingerprint density at radius 1 is 1.00 bits per heavy atom. The Morgan fingerprint density at radius 2 is 1.74 bits per heavy atom. The topological polar surface area (TPSA) is 35.2 Å². The molecule has 2 nitrogen and oxygen atoms in total. The summed E-state index contributed by atoms with van der Waals surface area (Å²) in [5, 5.41) is 1.02. The van der Waals surface area contributed by atoms with E-state index in [4.69, 9.17) is 33.7 Å². The van der Waals surface area contributed by atoms with Crippen LogP contribution >= 0.6 is 55.1 Å². The van der Waals surface area contributed by atoms with E-state index in [0.717, 1.165) is 14.5 Å². The molecule has 100 valence electrons. The standard InChI is InChI=1S/C13H9Br2Cl2NO/c14-9-3-8(2-1-7(9)6-18)19-13-5-11(16)10(15)4-12(13)17/h1-5H,6,18H2. The van der Waals surface area contributed by atoms with Crippen LogP contribution in [0, 0.1) is 0 Å². The van der Waals surface area contributed by atoms with E-state index in [2.05, 4.69) is 31.9 Å². The van der Waals surface area contributed by atoms with Gasteiger partial charge in [-0.1, -0.05) is 45.2 Å². The van der Waals surface area contributed by atoms with Gasteiger partial charge in [-0.15, -0.1) is 0 Å². The maximum atomic E-state index is 6.10. The zero-order valence-corrected chi connectivity index (χ0v) is 14.3. The molecule has 0 heterocycles. The number of hydrogen-bond donors (Lipinski definition) is 1. The summed E-state index contributed by atoms with van der Waals surface area (Å²) in [6, 6.07) is 8.93. The lowest BCUT2D eigenvalue weighted by molar-refractivity contribution is 0.482. The molecule has 0 atom stereocenters. The average molecular weight is 426 g/mol. The molecule has 0 spiro atoms. The Bertz CT molecular complexity index is 620. The molecule has 0 aliphatic carbocycles. The van der Waals surface area contributed by atoms with Gasteiger partial charge in [-0.05, 0) is 39.7 Å². The van der Waals surface area contributed by atoms with E-state index in [1.165, 1.54) is 0 Å². The number of benzene rings is 2. The van der Waals surface area contributed by atoms with Crippen LogP contribution in [0.25, 0.3) is 0 Å². The minimum Gasteiger partial charge on any atom is -0.456 e. The van der Waals surface area contributed by atoms with Gasteiger partial charge in [0.1, 0.15) is 11.5 Å². The minimum absolute atomic E-state index is 0.464. The fourth-order valence-corrected chi connectivity index (χ4v) is 2.82. The minimum atomic E-state index is 0.464. The highest BCUT2D eigenvalue weighted by Crippen LogP contribution is 2.37.